The van der Waals surface area contributed by atoms with Crippen LogP contribution >= 0.6 is 0 Å². The van der Waals surface area contributed by atoms with E-state index >= 15 is 0 Å². The highest BCUT2D eigenvalue weighted by Gasteiger charge is 2.22. The monoisotopic (exact) mass is 279 g/mol. The van der Waals surface area contributed by atoms with Gasteiger partial charge in [0, 0.05) is 6.04 Å². The molecule has 0 bridgehead atoms. The standard InChI is InChI=1S/C17H29NO2/c1-5-17(19,6-2)13-20-16-10-8-15(9-11-16)12-14(4)18-7-3/h8-11,14,18-19H,5-7,12-13H2,1-4H3. The number of nitrogens with one attached hydrogen (secondary N) is 1. The smallest absolute Gasteiger partial charge is 0.119 e. The fourth-order valence-corrected chi connectivity index (χ4v) is 2.17. The highest BCUT2D eigenvalue weighted by atomic mass is 16.5. The molecule has 2 N–H and O–H groups in total. The summed E-state index contributed by atoms with van der Waals surface area (Å²) in [5, 5.41) is 13.6. The Labute approximate surface area is 123 Å². The van der Waals surface area contributed by atoms with Crippen molar-refractivity contribution in [3.8, 4) is 5.75 Å². The van der Waals surface area contributed by atoms with Gasteiger partial charge < -0.3 is 15.2 Å². The molecule has 1 aromatic carbocycles. The molecule has 3 heteroatoms. The molecule has 0 amide bonds. The van der Waals surface area contributed by atoms with Crippen molar-refractivity contribution in [2.45, 2.75) is 58.6 Å². The molecule has 0 heterocycles. The summed E-state index contributed by atoms with van der Waals surface area (Å²) in [6, 6.07) is 8.65. The number of hydrogen-bond acceptors (Lipinski definition) is 3. The first-order valence-electron chi connectivity index (χ1n) is 7.70. The molecule has 0 aromatic heterocycles. The number of benzene rings is 1. The van der Waals surface area contributed by atoms with Crippen molar-refractivity contribution in [3.63, 3.8) is 0 Å². The van der Waals surface area contributed by atoms with Crippen molar-refractivity contribution in [1.29, 1.82) is 0 Å². The zero-order chi connectivity index (χ0) is 15.0. The van der Waals surface area contributed by atoms with Crippen LogP contribution in [0.3, 0.4) is 0 Å². The third-order valence-corrected chi connectivity index (χ3v) is 3.84. The van der Waals surface area contributed by atoms with Crippen LogP contribution in [-0.2, 0) is 6.42 Å². The summed E-state index contributed by atoms with van der Waals surface area (Å²) < 4.78 is 5.69. The number of hydrogen-bond donors (Lipinski definition) is 2. The maximum absolute atomic E-state index is 10.2. The van der Waals surface area contributed by atoms with Crippen molar-refractivity contribution >= 4 is 0 Å². The summed E-state index contributed by atoms with van der Waals surface area (Å²) in [5.74, 6) is 0.824. The normalized spacial score (nSPS) is 13.2. The van der Waals surface area contributed by atoms with Gasteiger partial charge in [0.1, 0.15) is 12.4 Å². The number of likely N-dealkylation sites (N-methyl/N-ethyl adjacent to an activating group) is 1. The van der Waals surface area contributed by atoms with Crippen LogP contribution < -0.4 is 10.1 Å². The highest BCUT2D eigenvalue weighted by Crippen LogP contribution is 2.19. The van der Waals surface area contributed by atoms with Crippen LogP contribution in [0.5, 0.6) is 5.75 Å². The molecule has 3 nitrogen and oxygen atoms in total. The van der Waals surface area contributed by atoms with E-state index in [9.17, 15) is 5.11 Å². The van der Waals surface area contributed by atoms with Crippen molar-refractivity contribution < 1.29 is 9.84 Å². The summed E-state index contributed by atoms with van der Waals surface area (Å²) in [5.41, 5.74) is 0.588. The Morgan fingerprint density at radius 2 is 1.75 bits per heavy atom. The van der Waals surface area contributed by atoms with Gasteiger partial charge in [0.05, 0.1) is 5.60 Å². The minimum Gasteiger partial charge on any atom is -0.491 e. The Morgan fingerprint density at radius 3 is 2.25 bits per heavy atom. The lowest BCUT2D eigenvalue weighted by Crippen LogP contribution is -2.34. The number of aliphatic hydroxyl groups is 1. The first-order valence-corrected chi connectivity index (χ1v) is 7.70. The number of ether oxygens (including phenoxy) is 1. The first-order chi connectivity index (χ1) is 9.53. The van der Waals surface area contributed by atoms with E-state index in [-0.39, 0.29) is 0 Å². The average Bonchev–Trinajstić information content (AvgIpc) is 2.46. The molecule has 1 unspecified atom stereocenters. The third kappa shape index (κ3) is 5.51. The summed E-state index contributed by atoms with van der Waals surface area (Å²) in [6.07, 6.45) is 2.44. The fourth-order valence-electron chi connectivity index (χ4n) is 2.17. The zero-order valence-corrected chi connectivity index (χ0v) is 13.3. The minimum absolute atomic E-state index is 0.354. The maximum Gasteiger partial charge on any atom is 0.119 e. The molecular formula is C17H29NO2. The highest BCUT2D eigenvalue weighted by molar-refractivity contribution is 5.27. The van der Waals surface area contributed by atoms with Crippen molar-refractivity contribution in [2.24, 2.45) is 0 Å². The molecule has 0 aliphatic heterocycles. The SMILES string of the molecule is CCNC(C)Cc1ccc(OCC(O)(CC)CC)cc1. The Morgan fingerprint density at radius 1 is 1.15 bits per heavy atom. The molecule has 0 saturated heterocycles. The van der Waals surface area contributed by atoms with Gasteiger partial charge in [-0.15, -0.1) is 0 Å². The summed E-state index contributed by atoms with van der Waals surface area (Å²) in [6.45, 7) is 9.63. The molecular weight excluding hydrogens is 250 g/mol. The molecule has 0 aliphatic rings. The number of rotatable bonds is 9. The van der Waals surface area contributed by atoms with Gasteiger partial charge in [-0.1, -0.05) is 32.9 Å². The van der Waals surface area contributed by atoms with Gasteiger partial charge in [0.25, 0.3) is 0 Å². The molecule has 0 radical (unpaired) electrons. The quantitative estimate of drug-likeness (QED) is 0.729. The van der Waals surface area contributed by atoms with E-state index < -0.39 is 5.60 Å². The molecule has 0 aliphatic carbocycles. The van der Waals surface area contributed by atoms with E-state index in [4.69, 9.17) is 4.74 Å². The van der Waals surface area contributed by atoms with Gasteiger partial charge in [-0.3, -0.25) is 0 Å². The Bertz CT molecular complexity index is 371. The molecule has 1 atom stereocenters. The third-order valence-electron chi connectivity index (χ3n) is 3.84. The van der Waals surface area contributed by atoms with Gasteiger partial charge >= 0.3 is 0 Å². The summed E-state index contributed by atoms with van der Waals surface area (Å²) >= 11 is 0. The zero-order valence-electron chi connectivity index (χ0n) is 13.3. The van der Waals surface area contributed by atoms with E-state index in [2.05, 4.69) is 31.3 Å². The molecule has 1 rings (SSSR count). The van der Waals surface area contributed by atoms with E-state index in [1.54, 1.807) is 0 Å². The van der Waals surface area contributed by atoms with Crippen LogP contribution in [0.1, 0.15) is 46.1 Å². The Balaban J connectivity index is 2.50. The maximum atomic E-state index is 10.2. The van der Waals surface area contributed by atoms with Crippen LogP contribution in [0.25, 0.3) is 0 Å². The second-order valence-electron chi connectivity index (χ2n) is 5.53. The lowest BCUT2D eigenvalue weighted by atomic mass is 9.99. The molecule has 0 saturated carbocycles. The van der Waals surface area contributed by atoms with Crippen LogP contribution in [0, 0.1) is 0 Å². The van der Waals surface area contributed by atoms with Crippen LogP contribution in [-0.4, -0.2) is 29.9 Å². The lowest BCUT2D eigenvalue weighted by Gasteiger charge is -2.25. The van der Waals surface area contributed by atoms with Gasteiger partial charge in [-0.05, 0) is 50.4 Å². The van der Waals surface area contributed by atoms with Crippen LogP contribution in [0.2, 0.25) is 0 Å². The largest absolute Gasteiger partial charge is 0.491 e. The Kier molecular flexibility index (Phi) is 7.03. The summed E-state index contributed by atoms with van der Waals surface area (Å²) in [7, 11) is 0. The molecule has 114 valence electrons. The van der Waals surface area contributed by atoms with Crippen LogP contribution in [0.4, 0.5) is 0 Å². The van der Waals surface area contributed by atoms with Crippen molar-refractivity contribution in [3.05, 3.63) is 29.8 Å². The van der Waals surface area contributed by atoms with Gasteiger partial charge in [0.2, 0.25) is 0 Å². The second-order valence-corrected chi connectivity index (χ2v) is 5.53. The Hall–Kier alpha value is -1.06. The second kappa shape index (κ2) is 8.28. The molecule has 20 heavy (non-hydrogen) atoms. The van der Waals surface area contributed by atoms with E-state index in [1.807, 2.05) is 26.0 Å². The average molecular weight is 279 g/mol. The van der Waals surface area contributed by atoms with E-state index in [0.717, 1.165) is 18.7 Å². The molecule has 1 aromatic rings. The van der Waals surface area contributed by atoms with E-state index in [0.29, 0.717) is 25.5 Å². The molecule has 0 spiro atoms. The lowest BCUT2D eigenvalue weighted by molar-refractivity contribution is -0.0113. The molecule has 0 fully saturated rings. The predicted octanol–water partition coefficient (Wildman–Crippen LogP) is 3.16. The van der Waals surface area contributed by atoms with Crippen LogP contribution in [0.15, 0.2) is 24.3 Å². The first kappa shape index (κ1) is 17.0. The van der Waals surface area contributed by atoms with Crippen molar-refractivity contribution in [2.75, 3.05) is 13.2 Å². The fraction of sp³-hybridized carbons (Fsp3) is 0.647. The van der Waals surface area contributed by atoms with Gasteiger partial charge in [-0.25, -0.2) is 0 Å². The van der Waals surface area contributed by atoms with Crippen molar-refractivity contribution in [1.82, 2.24) is 5.32 Å². The summed E-state index contributed by atoms with van der Waals surface area (Å²) in [4.78, 5) is 0. The van der Waals surface area contributed by atoms with Gasteiger partial charge in [0.15, 0.2) is 0 Å². The van der Waals surface area contributed by atoms with E-state index in [1.165, 1.54) is 5.56 Å². The topological polar surface area (TPSA) is 41.5 Å². The minimum atomic E-state index is -0.710. The predicted molar refractivity (Wildman–Crippen MR) is 84.3 cm³/mol. The van der Waals surface area contributed by atoms with Gasteiger partial charge in [-0.2, -0.15) is 0 Å².